The first kappa shape index (κ1) is 21.1. The zero-order chi connectivity index (χ0) is 21.7. The highest BCUT2D eigenvalue weighted by Gasteiger charge is 2.18. The van der Waals surface area contributed by atoms with E-state index in [4.69, 9.17) is 0 Å². The van der Waals surface area contributed by atoms with Crippen molar-refractivity contribution in [3.8, 4) is 0 Å². The van der Waals surface area contributed by atoms with E-state index < -0.39 is 15.9 Å². The van der Waals surface area contributed by atoms with Crippen molar-refractivity contribution in [1.82, 2.24) is 0 Å². The fourth-order valence-electron chi connectivity index (χ4n) is 2.77. The van der Waals surface area contributed by atoms with Crippen molar-refractivity contribution in [2.45, 2.75) is 18.7 Å². The van der Waals surface area contributed by atoms with Gasteiger partial charge in [-0.1, -0.05) is 35.9 Å². The maximum Gasteiger partial charge on any atom is 0.261 e. The first-order valence-corrected chi connectivity index (χ1v) is 10.6. The van der Waals surface area contributed by atoms with E-state index in [0.29, 0.717) is 11.4 Å². The molecule has 0 saturated heterocycles. The Hall–Kier alpha value is -3.65. The number of benzene rings is 3. The number of sulfonamides is 1. The summed E-state index contributed by atoms with van der Waals surface area (Å²) in [5, 5.41) is 5.36. The lowest BCUT2D eigenvalue weighted by atomic mass is 10.1. The normalized spacial score (nSPS) is 10.9. The Morgan fingerprint density at radius 3 is 2.10 bits per heavy atom. The Bertz CT molecular complexity index is 1190. The van der Waals surface area contributed by atoms with Gasteiger partial charge < -0.3 is 10.6 Å². The molecule has 0 fully saturated rings. The summed E-state index contributed by atoms with van der Waals surface area (Å²) >= 11 is 0. The van der Waals surface area contributed by atoms with Gasteiger partial charge in [-0.25, -0.2) is 8.42 Å². The smallest absolute Gasteiger partial charge is 0.261 e. The summed E-state index contributed by atoms with van der Waals surface area (Å²) in [6.07, 6.45) is 0. The molecule has 3 rings (SSSR count). The molecule has 154 valence electrons. The molecule has 0 aliphatic heterocycles. The molecule has 7 nitrogen and oxygen atoms in total. The Labute approximate surface area is 175 Å². The van der Waals surface area contributed by atoms with Crippen LogP contribution in [0.3, 0.4) is 0 Å². The predicted molar refractivity (Wildman–Crippen MR) is 117 cm³/mol. The van der Waals surface area contributed by atoms with Crippen molar-refractivity contribution in [1.29, 1.82) is 0 Å². The Kier molecular flexibility index (Phi) is 6.17. The van der Waals surface area contributed by atoms with E-state index in [1.807, 2.05) is 6.92 Å². The zero-order valence-electron chi connectivity index (χ0n) is 16.5. The average Bonchev–Trinajstić information content (AvgIpc) is 2.68. The Balaban J connectivity index is 1.83. The molecule has 3 N–H and O–H groups in total. The SMILES string of the molecule is CC(=O)Nc1cccc(NC(=O)c2ccccc2NS(=O)(=O)c2ccc(C)cc2)c1. The van der Waals surface area contributed by atoms with E-state index in [1.165, 1.54) is 31.2 Å². The fraction of sp³-hybridized carbons (Fsp3) is 0.0909. The second-order valence-corrected chi connectivity index (χ2v) is 8.36. The van der Waals surface area contributed by atoms with Gasteiger partial charge in [0, 0.05) is 18.3 Å². The van der Waals surface area contributed by atoms with Crippen molar-refractivity contribution in [3.05, 3.63) is 83.9 Å². The molecule has 0 radical (unpaired) electrons. The molecule has 30 heavy (non-hydrogen) atoms. The van der Waals surface area contributed by atoms with Crippen LogP contribution in [-0.2, 0) is 14.8 Å². The van der Waals surface area contributed by atoms with Gasteiger partial charge in [-0.05, 0) is 49.4 Å². The first-order chi connectivity index (χ1) is 14.2. The highest BCUT2D eigenvalue weighted by atomic mass is 32.2. The van der Waals surface area contributed by atoms with Crippen LogP contribution < -0.4 is 15.4 Å². The van der Waals surface area contributed by atoms with Crippen molar-refractivity contribution in [3.63, 3.8) is 0 Å². The van der Waals surface area contributed by atoms with Crippen molar-refractivity contribution < 1.29 is 18.0 Å². The fourth-order valence-corrected chi connectivity index (χ4v) is 3.85. The number of carbonyl (C=O) groups excluding carboxylic acids is 2. The lowest BCUT2D eigenvalue weighted by molar-refractivity contribution is -0.114. The summed E-state index contributed by atoms with van der Waals surface area (Å²) in [6, 6.07) is 19.4. The minimum absolute atomic E-state index is 0.103. The largest absolute Gasteiger partial charge is 0.326 e. The van der Waals surface area contributed by atoms with E-state index in [9.17, 15) is 18.0 Å². The number of nitrogens with one attached hydrogen (secondary N) is 3. The minimum Gasteiger partial charge on any atom is -0.326 e. The van der Waals surface area contributed by atoms with Crippen LogP contribution in [0.15, 0.2) is 77.7 Å². The molecule has 0 saturated carbocycles. The van der Waals surface area contributed by atoms with Crippen LogP contribution in [0.25, 0.3) is 0 Å². The second-order valence-electron chi connectivity index (χ2n) is 6.68. The molecule has 3 aromatic carbocycles. The van der Waals surface area contributed by atoms with Gasteiger partial charge in [0.25, 0.3) is 15.9 Å². The number of anilines is 3. The number of para-hydroxylation sites is 1. The third-order valence-electron chi connectivity index (χ3n) is 4.19. The summed E-state index contributed by atoms with van der Waals surface area (Å²) in [4.78, 5) is 24.1. The average molecular weight is 423 g/mol. The molecule has 0 aliphatic rings. The zero-order valence-corrected chi connectivity index (χ0v) is 17.3. The summed E-state index contributed by atoms with van der Waals surface area (Å²) in [5.41, 5.74) is 2.26. The van der Waals surface area contributed by atoms with Crippen molar-refractivity contribution >= 4 is 38.9 Å². The lowest BCUT2D eigenvalue weighted by Gasteiger charge is -2.13. The molecule has 0 atom stereocenters. The maximum atomic E-state index is 12.8. The number of carbonyl (C=O) groups is 2. The van der Waals surface area contributed by atoms with Gasteiger partial charge >= 0.3 is 0 Å². The highest BCUT2D eigenvalue weighted by molar-refractivity contribution is 7.92. The van der Waals surface area contributed by atoms with E-state index >= 15 is 0 Å². The molecular weight excluding hydrogens is 402 g/mol. The Morgan fingerprint density at radius 2 is 1.43 bits per heavy atom. The van der Waals surface area contributed by atoms with Crippen LogP contribution in [0.1, 0.15) is 22.8 Å². The number of aryl methyl sites for hydroxylation is 1. The number of amides is 2. The van der Waals surface area contributed by atoms with E-state index in [-0.39, 0.29) is 22.1 Å². The van der Waals surface area contributed by atoms with E-state index in [2.05, 4.69) is 15.4 Å². The molecule has 0 unspecified atom stereocenters. The Morgan fingerprint density at radius 1 is 0.800 bits per heavy atom. The quantitative estimate of drug-likeness (QED) is 0.557. The molecular formula is C22H21N3O4S. The van der Waals surface area contributed by atoms with Crippen LogP contribution in [0.5, 0.6) is 0 Å². The molecule has 0 aromatic heterocycles. The van der Waals surface area contributed by atoms with Crippen molar-refractivity contribution in [2.75, 3.05) is 15.4 Å². The molecule has 3 aromatic rings. The molecule has 0 bridgehead atoms. The minimum atomic E-state index is -3.86. The number of hydrogen-bond donors (Lipinski definition) is 3. The molecule has 0 spiro atoms. The topological polar surface area (TPSA) is 104 Å². The van der Waals surface area contributed by atoms with Gasteiger partial charge in [-0.3, -0.25) is 14.3 Å². The molecule has 0 heterocycles. The van der Waals surface area contributed by atoms with E-state index in [1.54, 1.807) is 48.5 Å². The predicted octanol–water partition coefficient (Wildman–Crippen LogP) is 4.01. The highest BCUT2D eigenvalue weighted by Crippen LogP contribution is 2.22. The summed E-state index contributed by atoms with van der Waals surface area (Å²) in [7, 11) is -3.86. The number of hydrogen-bond acceptors (Lipinski definition) is 4. The molecule has 2 amide bonds. The van der Waals surface area contributed by atoms with Gasteiger partial charge in [-0.2, -0.15) is 0 Å². The van der Waals surface area contributed by atoms with Crippen LogP contribution in [0.2, 0.25) is 0 Å². The van der Waals surface area contributed by atoms with E-state index in [0.717, 1.165) is 5.56 Å². The van der Waals surface area contributed by atoms with Gasteiger partial charge in [-0.15, -0.1) is 0 Å². The standard InChI is InChI=1S/C22H21N3O4S/c1-15-10-12-19(13-11-15)30(28,29)25-21-9-4-3-8-20(21)22(27)24-18-7-5-6-17(14-18)23-16(2)26/h3-14,25H,1-2H3,(H,23,26)(H,24,27). The third-order valence-corrected chi connectivity index (χ3v) is 5.57. The summed E-state index contributed by atoms with van der Waals surface area (Å²) in [6.45, 7) is 3.26. The molecule has 8 heteroatoms. The summed E-state index contributed by atoms with van der Waals surface area (Å²) < 4.78 is 27.9. The van der Waals surface area contributed by atoms with Crippen LogP contribution >= 0.6 is 0 Å². The van der Waals surface area contributed by atoms with Gasteiger partial charge in [0.15, 0.2) is 0 Å². The molecule has 0 aliphatic carbocycles. The van der Waals surface area contributed by atoms with Crippen LogP contribution in [-0.4, -0.2) is 20.2 Å². The summed E-state index contributed by atoms with van der Waals surface area (Å²) in [5.74, 6) is -0.716. The van der Waals surface area contributed by atoms with Gasteiger partial charge in [0.2, 0.25) is 5.91 Å². The maximum absolute atomic E-state index is 12.8. The number of rotatable bonds is 6. The van der Waals surface area contributed by atoms with Crippen LogP contribution in [0.4, 0.5) is 17.1 Å². The van der Waals surface area contributed by atoms with Crippen LogP contribution in [0, 0.1) is 6.92 Å². The second kappa shape index (κ2) is 8.79. The third kappa shape index (κ3) is 5.24. The first-order valence-electron chi connectivity index (χ1n) is 9.12. The van der Waals surface area contributed by atoms with Gasteiger partial charge in [0.1, 0.15) is 0 Å². The van der Waals surface area contributed by atoms with Crippen molar-refractivity contribution in [2.24, 2.45) is 0 Å². The lowest BCUT2D eigenvalue weighted by Crippen LogP contribution is -2.18. The van der Waals surface area contributed by atoms with Gasteiger partial charge in [0.05, 0.1) is 16.1 Å². The monoisotopic (exact) mass is 423 g/mol.